The topological polar surface area (TPSA) is 24.1 Å². The monoisotopic (exact) mass is 232 g/mol. The van der Waals surface area contributed by atoms with E-state index in [1.165, 1.54) is 29.5 Å². The molecule has 0 amide bonds. The molecule has 0 bridgehead atoms. The molecule has 0 radical (unpaired) electrons. The van der Waals surface area contributed by atoms with Crippen LogP contribution in [0.3, 0.4) is 0 Å². The Hall–Kier alpha value is -0.860. The Morgan fingerprint density at radius 3 is 2.59 bits per heavy atom. The Morgan fingerprint density at radius 1 is 1.18 bits per heavy atom. The molecule has 0 saturated heterocycles. The van der Waals surface area contributed by atoms with E-state index in [2.05, 4.69) is 42.7 Å². The molecule has 17 heavy (non-hydrogen) atoms. The molecule has 1 aliphatic rings. The Morgan fingerprint density at radius 2 is 1.94 bits per heavy atom. The molecule has 2 rings (SSSR count). The second-order valence-electron chi connectivity index (χ2n) is 5.56. The highest BCUT2D eigenvalue weighted by molar-refractivity contribution is 5.30. The first kappa shape index (κ1) is 12.6. The van der Waals surface area contributed by atoms with Gasteiger partial charge in [-0.3, -0.25) is 0 Å². The van der Waals surface area contributed by atoms with E-state index in [1.54, 1.807) is 0 Å². The standard InChI is InChI=1S/C15H24N2/c1-12-4-5-13(2)14(8-12)9-17-11-15(6-7-15)10-16-3/h4-5,8,16-17H,6-7,9-11H2,1-3H3. The van der Waals surface area contributed by atoms with Crippen molar-refractivity contribution >= 4 is 0 Å². The van der Waals surface area contributed by atoms with Crippen LogP contribution < -0.4 is 10.6 Å². The fraction of sp³-hybridized carbons (Fsp3) is 0.600. The van der Waals surface area contributed by atoms with Crippen LogP contribution in [-0.2, 0) is 6.54 Å². The van der Waals surface area contributed by atoms with E-state index < -0.39 is 0 Å². The van der Waals surface area contributed by atoms with E-state index in [-0.39, 0.29) is 0 Å². The summed E-state index contributed by atoms with van der Waals surface area (Å²) < 4.78 is 0. The highest BCUT2D eigenvalue weighted by Gasteiger charge is 2.41. The van der Waals surface area contributed by atoms with Crippen molar-refractivity contribution in [2.75, 3.05) is 20.1 Å². The summed E-state index contributed by atoms with van der Waals surface area (Å²) in [4.78, 5) is 0. The van der Waals surface area contributed by atoms with E-state index in [4.69, 9.17) is 0 Å². The largest absolute Gasteiger partial charge is 0.319 e. The molecule has 0 aliphatic heterocycles. The van der Waals surface area contributed by atoms with E-state index in [0.29, 0.717) is 5.41 Å². The van der Waals surface area contributed by atoms with Crippen LogP contribution >= 0.6 is 0 Å². The fourth-order valence-electron chi connectivity index (χ4n) is 2.42. The molecule has 0 heterocycles. The highest BCUT2D eigenvalue weighted by Crippen LogP contribution is 2.44. The van der Waals surface area contributed by atoms with E-state index in [1.807, 2.05) is 7.05 Å². The van der Waals surface area contributed by atoms with Crippen LogP contribution in [0.1, 0.15) is 29.5 Å². The third-order valence-electron chi connectivity index (χ3n) is 3.83. The van der Waals surface area contributed by atoms with Gasteiger partial charge in [-0.25, -0.2) is 0 Å². The summed E-state index contributed by atoms with van der Waals surface area (Å²) in [6.45, 7) is 7.64. The number of hydrogen-bond acceptors (Lipinski definition) is 2. The minimum absolute atomic E-state index is 0.548. The molecule has 0 atom stereocenters. The lowest BCUT2D eigenvalue weighted by atomic mass is 10.0. The first-order valence-electron chi connectivity index (χ1n) is 6.57. The molecule has 2 nitrogen and oxygen atoms in total. The molecule has 94 valence electrons. The molecular weight excluding hydrogens is 208 g/mol. The number of nitrogens with one attached hydrogen (secondary N) is 2. The minimum Gasteiger partial charge on any atom is -0.319 e. The molecule has 0 unspecified atom stereocenters. The van der Waals surface area contributed by atoms with Crippen molar-refractivity contribution in [3.8, 4) is 0 Å². The molecular formula is C15H24N2. The van der Waals surface area contributed by atoms with Crippen LogP contribution in [0.5, 0.6) is 0 Å². The number of hydrogen-bond donors (Lipinski definition) is 2. The molecule has 2 N–H and O–H groups in total. The molecule has 1 aromatic carbocycles. The lowest BCUT2D eigenvalue weighted by Crippen LogP contribution is -2.31. The van der Waals surface area contributed by atoms with E-state index in [0.717, 1.165) is 19.6 Å². The van der Waals surface area contributed by atoms with Crippen molar-refractivity contribution in [1.29, 1.82) is 0 Å². The lowest BCUT2D eigenvalue weighted by Gasteiger charge is -2.16. The summed E-state index contributed by atoms with van der Waals surface area (Å²) in [6, 6.07) is 6.69. The Labute approximate surface area is 105 Å². The van der Waals surface area contributed by atoms with Crippen molar-refractivity contribution in [1.82, 2.24) is 10.6 Å². The molecule has 1 saturated carbocycles. The first-order chi connectivity index (χ1) is 8.15. The van der Waals surface area contributed by atoms with Gasteiger partial charge >= 0.3 is 0 Å². The summed E-state index contributed by atoms with van der Waals surface area (Å²) in [5.41, 5.74) is 4.72. The van der Waals surface area contributed by atoms with Gasteiger partial charge in [0.2, 0.25) is 0 Å². The normalized spacial score (nSPS) is 17.1. The van der Waals surface area contributed by atoms with Crippen molar-refractivity contribution < 1.29 is 0 Å². The number of benzene rings is 1. The third-order valence-corrected chi connectivity index (χ3v) is 3.83. The van der Waals surface area contributed by atoms with E-state index >= 15 is 0 Å². The maximum Gasteiger partial charge on any atom is 0.0208 e. The molecule has 1 aliphatic carbocycles. The predicted molar refractivity (Wildman–Crippen MR) is 73.2 cm³/mol. The summed E-state index contributed by atoms with van der Waals surface area (Å²) >= 11 is 0. The second-order valence-corrected chi connectivity index (χ2v) is 5.56. The van der Waals surface area contributed by atoms with Crippen LogP contribution in [0.4, 0.5) is 0 Å². The predicted octanol–water partition coefficient (Wildman–Crippen LogP) is 2.39. The first-order valence-corrected chi connectivity index (χ1v) is 6.57. The highest BCUT2D eigenvalue weighted by atomic mass is 14.9. The average Bonchev–Trinajstić information content (AvgIpc) is 3.04. The van der Waals surface area contributed by atoms with Crippen molar-refractivity contribution in [3.05, 3.63) is 34.9 Å². The van der Waals surface area contributed by atoms with E-state index in [9.17, 15) is 0 Å². The minimum atomic E-state index is 0.548. The summed E-state index contributed by atoms with van der Waals surface area (Å²) in [5, 5.41) is 6.92. The second kappa shape index (κ2) is 5.19. The zero-order valence-corrected chi connectivity index (χ0v) is 11.3. The lowest BCUT2D eigenvalue weighted by molar-refractivity contribution is 0.438. The van der Waals surface area contributed by atoms with Gasteiger partial charge in [-0.2, -0.15) is 0 Å². The van der Waals surface area contributed by atoms with Crippen molar-refractivity contribution in [2.45, 2.75) is 33.2 Å². The van der Waals surface area contributed by atoms with Crippen LogP contribution in [0.2, 0.25) is 0 Å². The van der Waals surface area contributed by atoms with Gasteiger partial charge in [-0.1, -0.05) is 23.8 Å². The zero-order valence-electron chi connectivity index (χ0n) is 11.3. The molecule has 1 fully saturated rings. The van der Waals surface area contributed by atoms with Crippen LogP contribution in [0.15, 0.2) is 18.2 Å². The quantitative estimate of drug-likeness (QED) is 0.787. The summed E-state index contributed by atoms with van der Waals surface area (Å²) in [7, 11) is 2.05. The van der Waals surface area contributed by atoms with Crippen molar-refractivity contribution in [2.24, 2.45) is 5.41 Å². The Bertz CT molecular complexity index is 381. The van der Waals surface area contributed by atoms with Gasteiger partial charge in [0.1, 0.15) is 0 Å². The molecule has 0 spiro atoms. The fourth-order valence-corrected chi connectivity index (χ4v) is 2.42. The Balaban J connectivity index is 1.84. The maximum atomic E-state index is 3.62. The SMILES string of the molecule is CNCC1(CNCc2cc(C)ccc2C)CC1. The molecule has 2 heteroatoms. The maximum absolute atomic E-state index is 3.62. The summed E-state index contributed by atoms with van der Waals surface area (Å²) in [5.74, 6) is 0. The van der Waals surface area contributed by atoms with Gasteiger partial charge in [0.15, 0.2) is 0 Å². The number of aryl methyl sites for hydroxylation is 2. The zero-order chi connectivity index (χ0) is 12.3. The van der Waals surface area contributed by atoms with Gasteiger partial charge < -0.3 is 10.6 Å². The van der Waals surface area contributed by atoms with Gasteiger partial charge in [0, 0.05) is 19.6 Å². The molecule has 0 aromatic heterocycles. The van der Waals surface area contributed by atoms with Crippen LogP contribution in [0.25, 0.3) is 0 Å². The molecule has 1 aromatic rings. The van der Waals surface area contributed by atoms with Gasteiger partial charge in [-0.05, 0) is 50.3 Å². The van der Waals surface area contributed by atoms with Crippen LogP contribution in [-0.4, -0.2) is 20.1 Å². The third kappa shape index (κ3) is 3.30. The number of rotatable bonds is 6. The van der Waals surface area contributed by atoms with Gasteiger partial charge in [-0.15, -0.1) is 0 Å². The Kier molecular flexibility index (Phi) is 3.85. The summed E-state index contributed by atoms with van der Waals surface area (Å²) in [6.07, 6.45) is 2.74. The van der Waals surface area contributed by atoms with Crippen molar-refractivity contribution in [3.63, 3.8) is 0 Å². The average molecular weight is 232 g/mol. The smallest absolute Gasteiger partial charge is 0.0208 e. The van der Waals surface area contributed by atoms with Gasteiger partial charge in [0.25, 0.3) is 0 Å². The van der Waals surface area contributed by atoms with Gasteiger partial charge in [0.05, 0.1) is 0 Å². The van der Waals surface area contributed by atoms with Crippen LogP contribution in [0, 0.1) is 19.3 Å².